The van der Waals surface area contributed by atoms with Crippen LogP contribution in [0.25, 0.3) is 0 Å². The number of nitrogens with one attached hydrogen (secondary N) is 1. The molecule has 2 aromatic rings. The van der Waals surface area contributed by atoms with Crippen LogP contribution < -0.4 is 4.72 Å². The third kappa shape index (κ3) is 4.83. The Labute approximate surface area is 160 Å². The predicted molar refractivity (Wildman–Crippen MR) is 103 cm³/mol. The molecule has 0 aliphatic carbocycles. The SMILES string of the molecule is CCN(CC)[C@@H](CNS(=O)(=O)c1ccc(C#N)cc1)c1ccccc1Cl. The van der Waals surface area contributed by atoms with E-state index in [1.807, 2.05) is 44.2 Å². The van der Waals surface area contributed by atoms with Crippen molar-refractivity contribution in [3.8, 4) is 6.07 Å². The number of hydrogen-bond donors (Lipinski definition) is 1. The first kappa shape index (κ1) is 20.4. The van der Waals surface area contributed by atoms with Crippen molar-refractivity contribution in [1.29, 1.82) is 5.26 Å². The lowest BCUT2D eigenvalue weighted by atomic mass is 10.1. The molecule has 0 aromatic heterocycles. The van der Waals surface area contributed by atoms with Crippen LogP contribution >= 0.6 is 11.6 Å². The minimum absolute atomic E-state index is 0.133. The maximum absolute atomic E-state index is 12.6. The Balaban J connectivity index is 2.25. The lowest BCUT2D eigenvalue weighted by Gasteiger charge is -2.30. The minimum atomic E-state index is -3.68. The first-order chi connectivity index (χ1) is 12.4. The van der Waals surface area contributed by atoms with Crippen molar-refractivity contribution in [2.24, 2.45) is 0 Å². The first-order valence-corrected chi connectivity index (χ1v) is 10.3. The second-order valence-corrected chi connectivity index (χ2v) is 7.92. The number of rotatable bonds is 8. The van der Waals surface area contributed by atoms with Crippen LogP contribution in [0.15, 0.2) is 53.4 Å². The van der Waals surface area contributed by atoms with Crippen LogP contribution in [0, 0.1) is 11.3 Å². The van der Waals surface area contributed by atoms with Gasteiger partial charge in [-0.25, -0.2) is 13.1 Å². The molecule has 138 valence electrons. The zero-order chi connectivity index (χ0) is 19.2. The Morgan fingerprint density at radius 2 is 1.73 bits per heavy atom. The third-order valence-electron chi connectivity index (χ3n) is 4.28. The van der Waals surface area contributed by atoms with Gasteiger partial charge in [-0.1, -0.05) is 43.6 Å². The average Bonchev–Trinajstić information content (AvgIpc) is 2.66. The van der Waals surface area contributed by atoms with Gasteiger partial charge in [-0.05, 0) is 49.0 Å². The lowest BCUT2D eigenvalue weighted by molar-refractivity contribution is 0.220. The van der Waals surface area contributed by atoms with Gasteiger partial charge < -0.3 is 0 Å². The van der Waals surface area contributed by atoms with E-state index in [4.69, 9.17) is 16.9 Å². The molecule has 0 amide bonds. The Morgan fingerprint density at radius 1 is 1.12 bits per heavy atom. The van der Waals surface area contributed by atoms with Gasteiger partial charge in [0.05, 0.1) is 16.5 Å². The summed E-state index contributed by atoms with van der Waals surface area (Å²) in [6.45, 7) is 5.80. The van der Waals surface area contributed by atoms with Gasteiger partial charge in [-0.15, -0.1) is 0 Å². The van der Waals surface area contributed by atoms with Gasteiger partial charge >= 0.3 is 0 Å². The van der Waals surface area contributed by atoms with Crippen molar-refractivity contribution >= 4 is 21.6 Å². The molecule has 1 atom stereocenters. The minimum Gasteiger partial charge on any atom is -0.296 e. The van der Waals surface area contributed by atoms with Crippen LogP contribution in [0.4, 0.5) is 0 Å². The van der Waals surface area contributed by atoms with E-state index in [9.17, 15) is 8.42 Å². The van der Waals surface area contributed by atoms with Crippen LogP contribution in [0.3, 0.4) is 0 Å². The van der Waals surface area contributed by atoms with Crippen LogP contribution in [-0.4, -0.2) is 33.0 Å². The van der Waals surface area contributed by atoms with E-state index < -0.39 is 10.0 Å². The second kappa shape index (κ2) is 9.15. The maximum atomic E-state index is 12.6. The van der Waals surface area contributed by atoms with Crippen LogP contribution in [0.1, 0.15) is 31.0 Å². The summed E-state index contributed by atoms with van der Waals surface area (Å²) in [5.41, 5.74) is 1.31. The zero-order valence-electron chi connectivity index (χ0n) is 14.8. The second-order valence-electron chi connectivity index (χ2n) is 5.75. The van der Waals surface area contributed by atoms with Gasteiger partial charge in [0.1, 0.15) is 0 Å². The van der Waals surface area contributed by atoms with Crippen molar-refractivity contribution < 1.29 is 8.42 Å². The molecular weight excluding hydrogens is 370 g/mol. The molecule has 2 rings (SSSR count). The summed E-state index contributed by atoms with van der Waals surface area (Å²) >= 11 is 6.34. The van der Waals surface area contributed by atoms with Gasteiger partial charge in [0, 0.05) is 17.6 Å². The zero-order valence-corrected chi connectivity index (χ0v) is 16.4. The molecule has 0 aliphatic heterocycles. The average molecular weight is 392 g/mol. The van der Waals surface area contributed by atoms with Crippen molar-refractivity contribution in [3.05, 3.63) is 64.7 Å². The summed E-state index contributed by atoms with van der Waals surface area (Å²) < 4.78 is 27.9. The molecule has 0 aliphatic rings. The summed E-state index contributed by atoms with van der Waals surface area (Å²) in [7, 11) is -3.68. The van der Waals surface area contributed by atoms with Gasteiger partial charge in [0.25, 0.3) is 0 Å². The van der Waals surface area contributed by atoms with Gasteiger partial charge in [0.15, 0.2) is 0 Å². The summed E-state index contributed by atoms with van der Waals surface area (Å²) in [6.07, 6.45) is 0. The fraction of sp³-hybridized carbons (Fsp3) is 0.316. The number of likely N-dealkylation sites (N-methyl/N-ethyl adjacent to an activating group) is 1. The number of nitrogens with zero attached hydrogens (tertiary/aromatic N) is 2. The largest absolute Gasteiger partial charge is 0.296 e. The molecule has 0 bridgehead atoms. The van der Waals surface area contributed by atoms with Crippen molar-refractivity contribution in [1.82, 2.24) is 9.62 Å². The number of nitriles is 1. The third-order valence-corrected chi connectivity index (χ3v) is 6.06. The van der Waals surface area contributed by atoms with E-state index in [1.165, 1.54) is 24.3 Å². The van der Waals surface area contributed by atoms with E-state index in [1.54, 1.807) is 0 Å². The van der Waals surface area contributed by atoms with Crippen LogP contribution in [0.5, 0.6) is 0 Å². The molecule has 2 aromatic carbocycles. The Hall–Kier alpha value is -1.91. The Kier molecular flexibility index (Phi) is 7.18. The molecule has 0 heterocycles. The highest BCUT2D eigenvalue weighted by Gasteiger charge is 2.23. The molecule has 0 unspecified atom stereocenters. The molecule has 0 spiro atoms. The van der Waals surface area contributed by atoms with Crippen LogP contribution in [-0.2, 0) is 10.0 Å². The molecule has 26 heavy (non-hydrogen) atoms. The highest BCUT2D eigenvalue weighted by atomic mass is 35.5. The standard InChI is InChI=1S/C19H22ClN3O2S/c1-3-23(4-2)19(17-7-5-6-8-18(17)20)14-22-26(24,25)16-11-9-15(13-21)10-12-16/h5-12,19,22H,3-4,14H2,1-2H3/t19-/m0/s1. The first-order valence-electron chi connectivity index (χ1n) is 8.41. The Bertz CT molecular complexity index is 872. The number of hydrogen-bond acceptors (Lipinski definition) is 4. The Morgan fingerprint density at radius 3 is 2.27 bits per heavy atom. The molecule has 0 saturated heterocycles. The molecule has 0 saturated carbocycles. The topological polar surface area (TPSA) is 73.2 Å². The smallest absolute Gasteiger partial charge is 0.240 e. The molecule has 7 heteroatoms. The van der Waals surface area contributed by atoms with E-state index in [2.05, 4.69) is 9.62 Å². The van der Waals surface area contributed by atoms with E-state index >= 15 is 0 Å². The molecular formula is C19H22ClN3O2S. The number of sulfonamides is 1. The molecule has 0 radical (unpaired) electrons. The van der Waals surface area contributed by atoms with Gasteiger partial charge in [0.2, 0.25) is 10.0 Å². The lowest BCUT2D eigenvalue weighted by Crippen LogP contribution is -2.38. The fourth-order valence-corrected chi connectivity index (χ4v) is 4.13. The monoisotopic (exact) mass is 391 g/mol. The summed E-state index contributed by atoms with van der Waals surface area (Å²) in [4.78, 5) is 2.29. The van der Waals surface area contributed by atoms with E-state index in [-0.39, 0.29) is 17.5 Å². The van der Waals surface area contributed by atoms with Crippen molar-refractivity contribution in [2.75, 3.05) is 19.6 Å². The van der Waals surface area contributed by atoms with Crippen LogP contribution in [0.2, 0.25) is 5.02 Å². The maximum Gasteiger partial charge on any atom is 0.240 e. The van der Waals surface area contributed by atoms with Gasteiger partial charge in [-0.2, -0.15) is 5.26 Å². The molecule has 5 nitrogen and oxygen atoms in total. The van der Waals surface area contributed by atoms with E-state index in [0.29, 0.717) is 10.6 Å². The van der Waals surface area contributed by atoms with Crippen molar-refractivity contribution in [3.63, 3.8) is 0 Å². The predicted octanol–water partition coefficient (Wildman–Crippen LogP) is 3.57. The highest BCUT2D eigenvalue weighted by Crippen LogP contribution is 2.27. The van der Waals surface area contributed by atoms with Gasteiger partial charge in [-0.3, -0.25) is 4.90 Å². The number of halogens is 1. The fourth-order valence-electron chi connectivity index (χ4n) is 2.83. The molecule has 0 fully saturated rings. The number of benzene rings is 2. The molecule has 1 N–H and O–H groups in total. The summed E-state index contributed by atoms with van der Waals surface area (Å²) in [5, 5.41) is 9.45. The van der Waals surface area contributed by atoms with E-state index in [0.717, 1.165) is 18.7 Å². The quantitative estimate of drug-likeness (QED) is 0.746. The summed E-state index contributed by atoms with van der Waals surface area (Å²) in [6, 6.07) is 15.1. The normalized spacial score (nSPS) is 12.7. The summed E-state index contributed by atoms with van der Waals surface area (Å²) in [5.74, 6) is 0. The highest BCUT2D eigenvalue weighted by molar-refractivity contribution is 7.89. The van der Waals surface area contributed by atoms with Crippen molar-refractivity contribution in [2.45, 2.75) is 24.8 Å².